The van der Waals surface area contributed by atoms with Crippen LogP contribution in [0.4, 0.5) is 0 Å². The molecule has 0 aromatic rings. The normalized spacial score (nSPS) is 45.5. The van der Waals surface area contributed by atoms with Gasteiger partial charge in [-0.15, -0.1) is 0 Å². The topological polar surface area (TPSA) is 0 Å². The van der Waals surface area contributed by atoms with Crippen molar-refractivity contribution in [3.63, 3.8) is 0 Å². The Morgan fingerprint density at radius 2 is 2.12 bits per heavy atom. The first-order valence-electron chi connectivity index (χ1n) is 7.48. The fraction of sp³-hybridized carbons (Fsp3) is 0.765. The van der Waals surface area contributed by atoms with Crippen LogP contribution >= 0.6 is 0 Å². The summed E-state index contributed by atoms with van der Waals surface area (Å²) in [4.78, 5) is 0. The van der Waals surface area contributed by atoms with Gasteiger partial charge in [0.25, 0.3) is 0 Å². The molecule has 0 aromatic carbocycles. The lowest BCUT2D eigenvalue weighted by Gasteiger charge is -2.53. The molecule has 0 radical (unpaired) electrons. The zero-order valence-electron chi connectivity index (χ0n) is 11.6. The Labute approximate surface area is 106 Å². The van der Waals surface area contributed by atoms with E-state index in [1.807, 2.05) is 0 Å². The standard InChI is InChI=1S/C17H26/c1-12-6-8-16-14(11-12)7-9-15-13(2)5-4-10-17(15,16)3/h7,11,13,15-16H,4-6,8-10H2,1-3H3/t13-,15?,16?,17-/m0/s1. The second kappa shape index (κ2) is 4.00. The van der Waals surface area contributed by atoms with Crippen molar-refractivity contribution in [3.8, 4) is 0 Å². The van der Waals surface area contributed by atoms with Crippen molar-refractivity contribution in [2.75, 3.05) is 0 Å². The summed E-state index contributed by atoms with van der Waals surface area (Å²) < 4.78 is 0. The molecular weight excluding hydrogens is 204 g/mol. The van der Waals surface area contributed by atoms with E-state index in [2.05, 4.69) is 32.9 Å². The zero-order valence-corrected chi connectivity index (χ0v) is 11.6. The maximum absolute atomic E-state index is 2.60. The van der Waals surface area contributed by atoms with Gasteiger partial charge in [0, 0.05) is 0 Å². The van der Waals surface area contributed by atoms with Gasteiger partial charge in [-0.25, -0.2) is 0 Å². The lowest BCUT2D eigenvalue weighted by atomic mass is 9.51. The Bertz CT molecular complexity index is 373. The third kappa shape index (κ3) is 1.72. The van der Waals surface area contributed by atoms with Crippen LogP contribution in [0.1, 0.15) is 59.3 Å². The van der Waals surface area contributed by atoms with Gasteiger partial charge in [-0.3, -0.25) is 0 Å². The van der Waals surface area contributed by atoms with E-state index in [9.17, 15) is 0 Å². The molecule has 0 aromatic heterocycles. The molecule has 3 aliphatic carbocycles. The van der Waals surface area contributed by atoms with E-state index in [4.69, 9.17) is 0 Å². The van der Waals surface area contributed by atoms with Crippen LogP contribution in [0.3, 0.4) is 0 Å². The quantitative estimate of drug-likeness (QED) is 0.542. The van der Waals surface area contributed by atoms with Crippen LogP contribution in [0.25, 0.3) is 0 Å². The van der Waals surface area contributed by atoms with E-state index in [-0.39, 0.29) is 0 Å². The van der Waals surface area contributed by atoms with Gasteiger partial charge in [-0.2, -0.15) is 0 Å². The van der Waals surface area contributed by atoms with E-state index in [1.54, 1.807) is 11.1 Å². The molecule has 0 nitrogen and oxygen atoms in total. The molecule has 0 heteroatoms. The second-order valence-electron chi connectivity index (χ2n) is 7.00. The van der Waals surface area contributed by atoms with E-state index in [1.165, 1.54) is 38.5 Å². The molecule has 4 atom stereocenters. The Morgan fingerprint density at radius 1 is 1.29 bits per heavy atom. The lowest BCUT2D eigenvalue weighted by molar-refractivity contribution is 0.0112. The summed E-state index contributed by atoms with van der Waals surface area (Å²) in [5.74, 6) is 2.77. The van der Waals surface area contributed by atoms with Crippen LogP contribution in [0.5, 0.6) is 0 Å². The molecule has 94 valence electrons. The third-order valence-corrected chi connectivity index (χ3v) is 5.96. The largest absolute Gasteiger partial charge is 0.0807 e. The molecule has 0 saturated heterocycles. The van der Waals surface area contributed by atoms with E-state index < -0.39 is 0 Å². The van der Waals surface area contributed by atoms with Gasteiger partial charge in [-0.05, 0) is 61.3 Å². The van der Waals surface area contributed by atoms with Gasteiger partial charge in [-0.1, -0.05) is 44.4 Å². The van der Waals surface area contributed by atoms with Crippen molar-refractivity contribution < 1.29 is 0 Å². The van der Waals surface area contributed by atoms with Crippen LogP contribution < -0.4 is 0 Å². The molecule has 3 aliphatic rings. The van der Waals surface area contributed by atoms with Crippen molar-refractivity contribution in [1.82, 2.24) is 0 Å². The number of fused-ring (bicyclic) bond motifs is 3. The van der Waals surface area contributed by atoms with Gasteiger partial charge < -0.3 is 0 Å². The zero-order chi connectivity index (χ0) is 12.0. The van der Waals surface area contributed by atoms with E-state index in [0.717, 1.165) is 17.8 Å². The first kappa shape index (κ1) is 11.6. The molecule has 0 spiro atoms. The molecule has 2 unspecified atom stereocenters. The molecule has 0 aliphatic heterocycles. The summed E-state index contributed by atoms with van der Waals surface area (Å²) in [5, 5.41) is 0. The average molecular weight is 230 g/mol. The summed E-state index contributed by atoms with van der Waals surface area (Å²) in [6.07, 6.45) is 13.5. The number of hydrogen-bond acceptors (Lipinski definition) is 0. The van der Waals surface area contributed by atoms with E-state index in [0.29, 0.717) is 5.41 Å². The van der Waals surface area contributed by atoms with E-state index >= 15 is 0 Å². The van der Waals surface area contributed by atoms with Crippen molar-refractivity contribution in [1.29, 1.82) is 0 Å². The first-order valence-corrected chi connectivity index (χ1v) is 7.48. The molecule has 0 heterocycles. The summed E-state index contributed by atoms with van der Waals surface area (Å²) >= 11 is 0. The number of allylic oxidation sites excluding steroid dienone is 4. The molecule has 17 heavy (non-hydrogen) atoms. The monoisotopic (exact) mass is 230 g/mol. The molecular formula is C17H26. The third-order valence-electron chi connectivity index (χ3n) is 5.96. The van der Waals surface area contributed by atoms with Gasteiger partial charge in [0.2, 0.25) is 0 Å². The average Bonchev–Trinajstić information content (AvgIpc) is 2.28. The number of hydrogen-bond donors (Lipinski definition) is 0. The van der Waals surface area contributed by atoms with Crippen LogP contribution in [0.2, 0.25) is 0 Å². The van der Waals surface area contributed by atoms with Gasteiger partial charge >= 0.3 is 0 Å². The molecule has 0 bridgehead atoms. The Hall–Kier alpha value is -0.520. The fourth-order valence-electron chi connectivity index (χ4n) is 4.95. The minimum Gasteiger partial charge on any atom is -0.0807 e. The van der Waals surface area contributed by atoms with Crippen molar-refractivity contribution in [2.45, 2.75) is 59.3 Å². The smallest absolute Gasteiger partial charge is 0.0105 e. The molecule has 1 fully saturated rings. The predicted molar refractivity (Wildman–Crippen MR) is 73.8 cm³/mol. The molecule has 0 amide bonds. The Balaban J connectivity index is 1.98. The first-order chi connectivity index (χ1) is 8.11. The number of rotatable bonds is 0. The maximum atomic E-state index is 2.60. The van der Waals surface area contributed by atoms with Crippen LogP contribution in [-0.4, -0.2) is 0 Å². The highest BCUT2D eigenvalue weighted by atomic mass is 14.5. The summed E-state index contributed by atoms with van der Waals surface area (Å²) in [6.45, 7) is 7.39. The second-order valence-corrected chi connectivity index (χ2v) is 7.00. The summed E-state index contributed by atoms with van der Waals surface area (Å²) in [5.41, 5.74) is 3.89. The van der Waals surface area contributed by atoms with Crippen molar-refractivity contribution in [3.05, 3.63) is 23.3 Å². The van der Waals surface area contributed by atoms with Crippen LogP contribution in [0.15, 0.2) is 23.3 Å². The maximum Gasteiger partial charge on any atom is -0.0105 e. The van der Waals surface area contributed by atoms with Crippen molar-refractivity contribution in [2.24, 2.45) is 23.2 Å². The lowest BCUT2D eigenvalue weighted by Crippen LogP contribution is -2.45. The fourth-order valence-corrected chi connectivity index (χ4v) is 4.95. The predicted octanol–water partition coefficient (Wildman–Crippen LogP) is 5.12. The highest BCUT2D eigenvalue weighted by Gasteiger charge is 2.48. The highest BCUT2D eigenvalue weighted by Crippen LogP contribution is 2.57. The van der Waals surface area contributed by atoms with Crippen LogP contribution in [0, 0.1) is 23.2 Å². The SMILES string of the molecule is CC1=CC2=CCC3[C@@H](C)CCC[C@]3(C)C2CC1. The molecule has 3 rings (SSSR count). The highest BCUT2D eigenvalue weighted by molar-refractivity contribution is 5.33. The molecule has 0 N–H and O–H groups in total. The minimum absolute atomic E-state index is 0.610. The molecule has 1 saturated carbocycles. The summed E-state index contributed by atoms with van der Waals surface area (Å²) in [7, 11) is 0. The van der Waals surface area contributed by atoms with Crippen LogP contribution in [-0.2, 0) is 0 Å². The summed E-state index contributed by atoms with van der Waals surface area (Å²) in [6, 6.07) is 0. The van der Waals surface area contributed by atoms with Gasteiger partial charge in [0.15, 0.2) is 0 Å². The minimum atomic E-state index is 0.610. The Morgan fingerprint density at radius 3 is 2.94 bits per heavy atom. The van der Waals surface area contributed by atoms with Crippen molar-refractivity contribution >= 4 is 0 Å². The Kier molecular flexibility index (Phi) is 2.72. The van der Waals surface area contributed by atoms with Gasteiger partial charge in [0.1, 0.15) is 0 Å². The van der Waals surface area contributed by atoms with Gasteiger partial charge in [0.05, 0.1) is 0 Å².